The molecule has 16 heavy (non-hydrogen) atoms. The predicted molar refractivity (Wildman–Crippen MR) is 68.2 cm³/mol. The van der Waals surface area contributed by atoms with Crippen LogP contribution in [0.3, 0.4) is 0 Å². The van der Waals surface area contributed by atoms with Gasteiger partial charge in [-0.05, 0) is 39.8 Å². The molecule has 0 amide bonds. The molecule has 94 valence electrons. The molecule has 1 fully saturated rings. The number of hydrogen-bond donors (Lipinski definition) is 2. The molecule has 1 saturated heterocycles. The molecule has 1 aliphatic rings. The SMILES string of the molecule is CC(C)N=C(NN)N(C)CCN1CCCC1. The molecule has 0 spiro atoms. The highest BCUT2D eigenvalue weighted by Gasteiger charge is 2.13. The lowest BCUT2D eigenvalue weighted by Crippen LogP contribution is -2.45. The second-order valence-electron chi connectivity index (χ2n) is 4.66. The van der Waals surface area contributed by atoms with Crippen molar-refractivity contribution in [1.29, 1.82) is 0 Å². The predicted octanol–water partition coefficient (Wildman–Crippen LogP) is 0.242. The summed E-state index contributed by atoms with van der Waals surface area (Å²) in [6.45, 7) is 8.63. The molecular weight excluding hydrogens is 202 g/mol. The number of hydrogen-bond acceptors (Lipinski definition) is 3. The molecule has 0 atom stereocenters. The number of guanidine groups is 1. The van der Waals surface area contributed by atoms with Gasteiger partial charge in [-0.25, -0.2) is 10.8 Å². The van der Waals surface area contributed by atoms with Crippen molar-refractivity contribution in [2.45, 2.75) is 32.7 Å². The first kappa shape index (κ1) is 13.3. The third kappa shape index (κ3) is 4.37. The summed E-state index contributed by atoms with van der Waals surface area (Å²) in [5, 5.41) is 0. The Morgan fingerprint density at radius 3 is 2.56 bits per heavy atom. The second-order valence-corrected chi connectivity index (χ2v) is 4.66. The molecule has 0 aromatic rings. The van der Waals surface area contributed by atoms with E-state index < -0.39 is 0 Å². The van der Waals surface area contributed by atoms with Crippen LogP contribution in [0, 0.1) is 0 Å². The summed E-state index contributed by atoms with van der Waals surface area (Å²) in [5.41, 5.74) is 2.67. The molecule has 0 bridgehead atoms. The van der Waals surface area contributed by atoms with Crippen molar-refractivity contribution < 1.29 is 0 Å². The zero-order chi connectivity index (χ0) is 12.0. The Kier molecular flexibility index (Phi) is 5.55. The highest BCUT2D eigenvalue weighted by Crippen LogP contribution is 2.06. The van der Waals surface area contributed by atoms with Crippen molar-refractivity contribution in [2.24, 2.45) is 10.8 Å². The highest BCUT2D eigenvalue weighted by atomic mass is 15.4. The first-order valence-electron chi connectivity index (χ1n) is 6.11. The lowest BCUT2D eigenvalue weighted by Gasteiger charge is -2.24. The van der Waals surface area contributed by atoms with Gasteiger partial charge < -0.3 is 9.80 Å². The van der Waals surface area contributed by atoms with Crippen LogP contribution in [0.2, 0.25) is 0 Å². The molecule has 0 aromatic heterocycles. The number of hydrazine groups is 1. The molecule has 0 aromatic carbocycles. The van der Waals surface area contributed by atoms with Crippen LogP contribution < -0.4 is 11.3 Å². The van der Waals surface area contributed by atoms with Crippen molar-refractivity contribution in [3.05, 3.63) is 0 Å². The highest BCUT2D eigenvalue weighted by molar-refractivity contribution is 5.79. The number of nitrogens with zero attached hydrogens (tertiary/aromatic N) is 3. The monoisotopic (exact) mass is 227 g/mol. The van der Waals surface area contributed by atoms with Gasteiger partial charge in [0.05, 0.1) is 0 Å². The molecule has 0 saturated carbocycles. The van der Waals surface area contributed by atoms with Gasteiger partial charge in [-0.1, -0.05) is 0 Å². The van der Waals surface area contributed by atoms with E-state index in [9.17, 15) is 0 Å². The summed E-state index contributed by atoms with van der Waals surface area (Å²) >= 11 is 0. The fraction of sp³-hybridized carbons (Fsp3) is 0.909. The number of nitrogens with two attached hydrogens (primary N) is 1. The van der Waals surface area contributed by atoms with Gasteiger partial charge in [0.2, 0.25) is 5.96 Å². The van der Waals surface area contributed by atoms with Crippen molar-refractivity contribution in [3.8, 4) is 0 Å². The van der Waals surface area contributed by atoms with Crippen molar-refractivity contribution >= 4 is 5.96 Å². The zero-order valence-corrected chi connectivity index (χ0v) is 10.7. The van der Waals surface area contributed by atoms with Gasteiger partial charge in [0.15, 0.2) is 0 Å². The fourth-order valence-corrected chi connectivity index (χ4v) is 1.89. The summed E-state index contributed by atoms with van der Waals surface area (Å²) in [7, 11) is 2.02. The van der Waals surface area contributed by atoms with E-state index in [2.05, 4.69) is 20.2 Å². The van der Waals surface area contributed by atoms with Gasteiger partial charge in [-0.2, -0.15) is 0 Å². The lowest BCUT2D eigenvalue weighted by molar-refractivity contribution is 0.304. The molecule has 0 unspecified atom stereocenters. The minimum atomic E-state index is 0.264. The normalized spacial score (nSPS) is 18.2. The summed E-state index contributed by atoms with van der Waals surface area (Å²) in [4.78, 5) is 9.00. The Morgan fingerprint density at radius 2 is 2.06 bits per heavy atom. The third-order valence-corrected chi connectivity index (χ3v) is 2.82. The van der Waals surface area contributed by atoms with Gasteiger partial charge in [-0.3, -0.25) is 5.43 Å². The standard InChI is InChI=1S/C11H25N5/c1-10(2)13-11(14-12)15(3)8-9-16-6-4-5-7-16/h10H,4-9,12H2,1-3H3,(H,13,14). The summed E-state index contributed by atoms with van der Waals surface area (Å²) in [5.74, 6) is 6.24. The molecule has 3 N–H and O–H groups in total. The Labute approximate surface area is 98.7 Å². The van der Waals surface area contributed by atoms with Gasteiger partial charge in [-0.15, -0.1) is 0 Å². The van der Waals surface area contributed by atoms with Crippen LogP contribution in [0.5, 0.6) is 0 Å². The molecular formula is C11H25N5. The van der Waals surface area contributed by atoms with Crippen molar-refractivity contribution in [2.75, 3.05) is 33.2 Å². The quantitative estimate of drug-likeness (QED) is 0.313. The van der Waals surface area contributed by atoms with Crippen molar-refractivity contribution in [3.63, 3.8) is 0 Å². The average molecular weight is 227 g/mol. The van der Waals surface area contributed by atoms with Crippen molar-refractivity contribution in [1.82, 2.24) is 15.2 Å². The van der Waals surface area contributed by atoms with E-state index in [0.717, 1.165) is 19.0 Å². The van der Waals surface area contributed by atoms with Gasteiger partial charge in [0.25, 0.3) is 0 Å². The third-order valence-electron chi connectivity index (χ3n) is 2.82. The number of likely N-dealkylation sites (N-methyl/N-ethyl adjacent to an activating group) is 1. The van der Waals surface area contributed by atoms with E-state index in [1.807, 2.05) is 20.9 Å². The van der Waals surface area contributed by atoms with Crippen LogP contribution in [0.25, 0.3) is 0 Å². The van der Waals surface area contributed by atoms with E-state index in [0.29, 0.717) is 0 Å². The second kappa shape index (κ2) is 6.70. The Morgan fingerprint density at radius 1 is 1.44 bits per heavy atom. The molecule has 0 radical (unpaired) electrons. The zero-order valence-electron chi connectivity index (χ0n) is 10.7. The number of aliphatic imine (C=N–C) groups is 1. The lowest BCUT2D eigenvalue weighted by atomic mass is 10.4. The molecule has 0 aliphatic carbocycles. The number of likely N-dealkylation sites (tertiary alicyclic amines) is 1. The van der Waals surface area contributed by atoms with E-state index in [-0.39, 0.29) is 6.04 Å². The van der Waals surface area contributed by atoms with Crippen LogP contribution in [-0.2, 0) is 0 Å². The van der Waals surface area contributed by atoms with Crippen LogP contribution in [0.15, 0.2) is 4.99 Å². The average Bonchev–Trinajstić information content (AvgIpc) is 2.75. The van der Waals surface area contributed by atoms with E-state index >= 15 is 0 Å². The summed E-state index contributed by atoms with van der Waals surface area (Å²) in [6, 6.07) is 0.264. The molecule has 1 heterocycles. The molecule has 1 rings (SSSR count). The summed E-state index contributed by atoms with van der Waals surface area (Å²) in [6.07, 6.45) is 2.68. The maximum absolute atomic E-state index is 5.47. The number of nitrogens with one attached hydrogen (secondary N) is 1. The Balaban J connectivity index is 2.33. The maximum atomic E-state index is 5.47. The van der Waals surface area contributed by atoms with E-state index in [4.69, 9.17) is 5.84 Å². The maximum Gasteiger partial charge on any atom is 0.208 e. The van der Waals surface area contributed by atoms with Crippen LogP contribution in [0.4, 0.5) is 0 Å². The minimum Gasteiger partial charge on any atom is -0.344 e. The van der Waals surface area contributed by atoms with Gasteiger partial charge in [0, 0.05) is 26.2 Å². The Bertz CT molecular complexity index is 220. The summed E-state index contributed by atoms with van der Waals surface area (Å²) < 4.78 is 0. The Hall–Kier alpha value is -0.810. The van der Waals surface area contributed by atoms with Crippen LogP contribution in [0.1, 0.15) is 26.7 Å². The molecule has 1 aliphatic heterocycles. The fourth-order valence-electron chi connectivity index (χ4n) is 1.89. The van der Waals surface area contributed by atoms with Crippen LogP contribution in [-0.4, -0.2) is 55.0 Å². The molecule has 5 nitrogen and oxygen atoms in total. The van der Waals surface area contributed by atoms with Gasteiger partial charge in [0.1, 0.15) is 0 Å². The largest absolute Gasteiger partial charge is 0.344 e. The first-order chi connectivity index (χ1) is 7.63. The molecule has 5 heteroatoms. The number of rotatable bonds is 4. The van der Waals surface area contributed by atoms with E-state index in [1.165, 1.54) is 25.9 Å². The van der Waals surface area contributed by atoms with E-state index in [1.54, 1.807) is 0 Å². The van der Waals surface area contributed by atoms with Crippen LogP contribution >= 0.6 is 0 Å². The first-order valence-corrected chi connectivity index (χ1v) is 6.11. The topological polar surface area (TPSA) is 56.9 Å². The minimum absolute atomic E-state index is 0.264. The smallest absolute Gasteiger partial charge is 0.208 e. The van der Waals surface area contributed by atoms with Gasteiger partial charge >= 0.3 is 0 Å².